The Morgan fingerprint density at radius 1 is 1.00 bits per heavy atom. The minimum absolute atomic E-state index is 0.924. The molecule has 0 aromatic carbocycles. The van der Waals surface area contributed by atoms with Gasteiger partial charge in [-0.15, -0.1) is 11.3 Å². The summed E-state index contributed by atoms with van der Waals surface area (Å²) in [5.41, 5.74) is 1.56. The molecule has 4 rings (SSSR count). The van der Waals surface area contributed by atoms with E-state index in [1.165, 1.54) is 54.6 Å². The van der Waals surface area contributed by atoms with Crippen LogP contribution < -0.4 is 4.90 Å². The second-order valence-corrected chi connectivity index (χ2v) is 6.76. The fraction of sp³-hybridized carbons (Fsp3) is 0.600. The van der Waals surface area contributed by atoms with Crippen LogP contribution in [0.2, 0.25) is 0 Å². The zero-order valence-electron chi connectivity index (χ0n) is 11.4. The number of aryl methyl sites for hydroxylation is 3. The van der Waals surface area contributed by atoms with E-state index in [9.17, 15) is 0 Å². The van der Waals surface area contributed by atoms with Crippen molar-refractivity contribution >= 4 is 27.4 Å². The topological polar surface area (TPSA) is 29.0 Å². The summed E-state index contributed by atoms with van der Waals surface area (Å²) < 4.78 is 0. The summed E-state index contributed by atoms with van der Waals surface area (Å²) in [6.07, 6.45) is 7.75. The van der Waals surface area contributed by atoms with Crippen LogP contribution in [0.4, 0.5) is 5.82 Å². The molecule has 0 saturated carbocycles. The Morgan fingerprint density at radius 3 is 2.68 bits per heavy atom. The maximum Gasteiger partial charge on any atom is 0.141 e. The molecule has 0 radical (unpaired) electrons. The Labute approximate surface area is 117 Å². The predicted molar refractivity (Wildman–Crippen MR) is 80.2 cm³/mol. The summed E-state index contributed by atoms with van der Waals surface area (Å²) >= 11 is 1.90. The van der Waals surface area contributed by atoms with Crippen LogP contribution in [0.1, 0.15) is 41.9 Å². The van der Waals surface area contributed by atoms with Crippen molar-refractivity contribution < 1.29 is 0 Å². The van der Waals surface area contributed by atoms with Gasteiger partial charge in [-0.1, -0.05) is 0 Å². The van der Waals surface area contributed by atoms with Gasteiger partial charge in [-0.05, 0) is 51.0 Å². The highest BCUT2D eigenvalue weighted by atomic mass is 32.1. The van der Waals surface area contributed by atoms with E-state index in [0.717, 1.165) is 18.9 Å². The Hall–Kier alpha value is -1.16. The number of hydrogen-bond donors (Lipinski definition) is 0. The van der Waals surface area contributed by atoms with Crippen LogP contribution in [0.5, 0.6) is 0 Å². The fourth-order valence-corrected chi connectivity index (χ4v) is 4.72. The summed E-state index contributed by atoms with van der Waals surface area (Å²) in [5, 5.41) is 1.38. The van der Waals surface area contributed by atoms with Crippen molar-refractivity contribution in [2.75, 3.05) is 18.0 Å². The van der Waals surface area contributed by atoms with Gasteiger partial charge in [0.15, 0.2) is 0 Å². The molecule has 0 N–H and O–H groups in total. The number of aromatic nitrogens is 2. The van der Waals surface area contributed by atoms with Crippen molar-refractivity contribution in [3.8, 4) is 0 Å². The highest BCUT2D eigenvalue weighted by Crippen LogP contribution is 2.40. The van der Waals surface area contributed by atoms with Crippen molar-refractivity contribution in [3.63, 3.8) is 0 Å². The highest BCUT2D eigenvalue weighted by Gasteiger charge is 2.24. The van der Waals surface area contributed by atoms with Crippen molar-refractivity contribution in [1.29, 1.82) is 0 Å². The molecule has 2 aromatic rings. The Kier molecular flexibility index (Phi) is 2.72. The molecule has 100 valence electrons. The molecule has 2 aromatic heterocycles. The van der Waals surface area contributed by atoms with Gasteiger partial charge in [0.25, 0.3) is 0 Å². The van der Waals surface area contributed by atoms with Crippen molar-refractivity contribution in [3.05, 3.63) is 16.3 Å². The molecule has 0 amide bonds. The number of nitrogens with zero attached hydrogens (tertiary/aromatic N) is 3. The first kappa shape index (κ1) is 11.6. The van der Waals surface area contributed by atoms with Crippen LogP contribution in [-0.2, 0) is 12.8 Å². The van der Waals surface area contributed by atoms with Gasteiger partial charge in [0.2, 0.25) is 0 Å². The molecule has 19 heavy (non-hydrogen) atoms. The van der Waals surface area contributed by atoms with Gasteiger partial charge in [-0.2, -0.15) is 0 Å². The first-order chi connectivity index (χ1) is 9.33. The molecule has 0 bridgehead atoms. The lowest BCUT2D eigenvalue weighted by atomic mass is 10.1. The minimum atomic E-state index is 0.924. The first-order valence-corrected chi connectivity index (χ1v) is 8.18. The Balaban J connectivity index is 1.92. The quantitative estimate of drug-likeness (QED) is 0.796. The second-order valence-electron chi connectivity index (χ2n) is 5.68. The fourth-order valence-electron chi connectivity index (χ4n) is 3.41. The summed E-state index contributed by atoms with van der Waals surface area (Å²) in [6, 6.07) is 0. The predicted octanol–water partition coefficient (Wildman–Crippen LogP) is 3.48. The molecule has 2 aliphatic rings. The molecule has 0 unspecified atom stereocenters. The SMILES string of the molecule is Cc1nc(N2CCCCC2)c2c3c(sc2n1)CCC3. The van der Waals surface area contributed by atoms with Crippen molar-refractivity contribution in [2.45, 2.75) is 45.4 Å². The molecule has 1 saturated heterocycles. The second kappa shape index (κ2) is 4.44. The van der Waals surface area contributed by atoms with Crippen LogP contribution in [0.25, 0.3) is 10.2 Å². The lowest BCUT2D eigenvalue weighted by Crippen LogP contribution is -2.30. The van der Waals surface area contributed by atoms with Crippen LogP contribution in [0.3, 0.4) is 0 Å². The zero-order valence-corrected chi connectivity index (χ0v) is 12.2. The molecule has 3 heterocycles. The average molecular weight is 273 g/mol. The monoisotopic (exact) mass is 273 g/mol. The molecule has 1 fully saturated rings. The lowest BCUT2D eigenvalue weighted by Gasteiger charge is -2.28. The third kappa shape index (κ3) is 1.84. The summed E-state index contributed by atoms with van der Waals surface area (Å²) in [5.74, 6) is 2.15. The summed E-state index contributed by atoms with van der Waals surface area (Å²) in [7, 11) is 0. The van der Waals surface area contributed by atoms with Crippen molar-refractivity contribution in [1.82, 2.24) is 9.97 Å². The number of piperidine rings is 1. The normalized spacial score (nSPS) is 19.1. The Morgan fingerprint density at radius 2 is 1.84 bits per heavy atom. The molecule has 1 aliphatic carbocycles. The van der Waals surface area contributed by atoms with E-state index in [-0.39, 0.29) is 0 Å². The van der Waals surface area contributed by atoms with E-state index in [4.69, 9.17) is 4.98 Å². The minimum Gasteiger partial charge on any atom is -0.356 e. The lowest BCUT2D eigenvalue weighted by molar-refractivity contribution is 0.574. The van der Waals surface area contributed by atoms with E-state index in [1.807, 2.05) is 18.3 Å². The Bertz CT molecular complexity index is 626. The van der Waals surface area contributed by atoms with Crippen LogP contribution in [0.15, 0.2) is 0 Å². The average Bonchev–Trinajstić information content (AvgIpc) is 2.98. The molecule has 4 heteroatoms. The summed E-state index contributed by atoms with van der Waals surface area (Å²) in [4.78, 5) is 14.7. The summed E-state index contributed by atoms with van der Waals surface area (Å²) in [6.45, 7) is 4.35. The molecular weight excluding hydrogens is 254 g/mol. The number of rotatable bonds is 1. The van der Waals surface area contributed by atoms with E-state index in [0.29, 0.717) is 0 Å². The van der Waals surface area contributed by atoms with Crippen LogP contribution in [-0.4, -0.2) is 23.1 Å². The third-order valence-corrected chi connectivity index (χ3v) is 5.50. The maximum absolute atomic E-state index is 4.80. The number of hydrogen-bond acceptors (Lipinski definition) is 4. The molecule has 1 aliphatic heterocycles. The third-order valence-electron chi connectivity index (χ3n) is 4.31. The number of fused-ring (bicyclic) bond motifs is 3. The van der Waals surface area contributed by atoms with Gasteiger partial charge >= 0.3 is 0 Å². The molecule has 0 atom stereocenters. The van der Waals surface area contributed by atoms with E-state index < -0.39 is 0 Å². The standard InChI is InChI=1S/C15H19N3S/c1-10-16-14(18-8-3-2-4-9-18)13-11-6-5-7-12(11)19-15(13)17-10/h2-9H2,1H3. The highest BCUT2D eigenvalue weighted by molar-refractivity contribution is 7.19. The smallest absolute Gasteiger partial charge is 0.141 e. The van der Waals surface area contributed by atoms with Gasteiger partial charge in [0.1, 0.15) is 16.5 Å². The molecule has 0 spiro atoms. The van der Waals surface area contributed by atoms with E-state index >= 15 is 0 Å². The molecular formula is C15H19N3S. The maximum atomic E-state index is 4.80. The van der Waals surface area contributed by atoms with Crippen molar-refractivity contribution in [2.24, 2.45) is 0 Å². The van der Waals surface area contributed by atoms with E-state index in [2.05, 4.69) is 9.88 Å². The number of anilines is 1. The van der Waals surface area contributed by atoms with E-state index in [1.54, 1.807) is 10.4 Å². The first-order valence-electron chi connectivity index (χ1n) is 7.37. The largest absolute Gasteiger partial charge is 0.356 e. The van der Waals surface area contributed by atoms with Crippen LogP contribution >= 0.6 is 11.3 Å². The van der Waals surface area contributed by atoms with Gasteiger partial charge < -0.3 is 4.90 Å². The van der Waals surface area contributed by atoms with Gasteiger partial charge in [-0.25, -0.2) is 9.97 Å². The zero-order chi connectivity index (χ0) is 12.8. The van der Waals surface area contributed by atoms with Gasteiger partial charge in [0, 0.05) is 18.0 Å². The van der Waals surface area contributed by atoms with Gasteiger partial charge in [-0.3, -0.25) is 0 Å². The number of thiophene rings is 1. The van der Waals surface area contributed by atoms with Gasteiger partial charge in [0.05, 0.1) is 5.39 Å². The van der Waals surface area contributed by atoms with Crippen LogP contribution in [0, 0.1) is 6.92 Å². The molecule has 3 nitrogen and oxygen atoms in total.